The number of hydrogen-bond donors (Lipinski definition) is 1. The molecule has 0 unspecified atom stereocenters. The molecule has 1 fully saturated rings. The lowest BCUT2D eigenvalue weighted by atomic mass is 9.96. The van der Waals surface area contributed by atoms with Crippen LogP contribution >= 0.6 is 0 Å². The fourth-order valence-electron chi connectivity index (χ4n) is 5.02. The second-order valence-electron chi connectivity index (χ2n) is 10.1. The van der Waals surface area contributed by atoms with Crippen molar-refractivity contribution < 1.29 is 27.9 Å². The van der Waals surface area contributed by atoms with Crippen LogP contribution in [0.15, 0.2) is 72.8 Å². The SMILES string of the molecule is C[C@@H](C(N)=O)N(C(=O)Cc1cc(F)cc(F)c1)[C@@H]1C(=O)N(CC2CC2)c2ccccc2O[C@@H]1c1ccccc1. The van der Waals surface area contributed by atoms with Gasteiger partial charge in [0.15, 0.2) is 12.1 Å². The highest BCUT2D eigenvalue weighted by atomic mass is 19.1. The van der Waals surface area contributed by atoms with Gasteiger partial charge < -0.3 is 20.3 Å². The quantitative estimate of drug-likeness (QED) is 0.471. The number of para-hydroxylation sites is 2. The lowest BCUT2D eigenvalue weighted by molar-refractivity contribution is -0.148. The largest absolute Gasteiger partial charge is 0.481 e. The lowest BCUT2D eigenvalue weighted by Crippen LogP contribution is -2.60. The van der Waals surface area contributed by atoms with E-state index in [1.54, 1.807) is 53.4 Å². The molecule has 3 atom stereocenters. The Balaban J connectivity index is 1.64. The molecular formula is C30H29F2N3O4. The Morgan fingerprint density at radius 2 is 1.67 bits per heavy atom. The average Bonchev–Trinajstić information content (AvgIpc) is 3.73. The Hall–Kier alpha value is -4.27. The van der Waals surface area contributed by atoms with Crippen molar-refractivity contribution in [2.45, 2.75) is 44.4 Å². The van der Waals surface area contributed by atoms with Crippen LogP contribution in [0.25, 0.3) is 0 Å². The zero-order valence-corrected chi connectivity index (χ0v) is 21.4. The Kier molecular flexibility index (Phi) is 7.32. The summed E-state index contributed by atoms with van der Waals surface area (Å²) in [5.41, 5.74) is 6.94. The molecule has 39 heavy (non-hydrogen) atoms. The molecule has 1 aliphatic carbocycles. The summed E-state index contributed by atoms with van der Waals surface area (Å²) in [6.07, 6.45) is 0.516. The second kappa shape index (κ2) is 10.8. The van der Waals surface area contributed by atoms with Gasteiger partial charge in [-0.05, 0) is 61.1 Å². The molecule has 0 bridgehead atoms. The molecule has 3 aromatic carbocycles. The van der Waals surface area contributed by atoms with Gasteiger partial charge in [0.25, 0.3) is 5.91 Å². The average molecular weight is 534 g/mol. The number of ether oxygens (including phenoxy) is 1. The first-order chi connectivity index (χ1) is 18.7. The first-order valence-electron chi connectivity index (χ1n) is 12.9. The summed E-state index contributed by atoms with van der Waals surface area (Å²) in [6, 6.07) is 16.4. The monoisotopic (exact) mass is 533 g/mol. The number of nitrogens with zero attached hydrogens (tertiary/aromatic N) is 2. The van der Waals surface area contributed by atoms with E-state index in [-0.39, 0.29) is 5.56 Å². The van der Waals surface area contributed by atoms with Crippen LogP contribution in [-0.4, -0.2) is 41.2 Å². The van der Waals surface area contributed by atoms with Crippen molar-refractivity contribution in [1.82, 2.24) is 4.90 Å². The summed E-state index contributed by atoms with van der Waals surface area (Å²) < 4.78 is 34.3. The van der Waals surface area contributed by atoms with E-state index in [1.807, 2.05) is 6.07 Å². The normalized spacial score (nSPS) is 19.5. The number of primary amides is 1. The molecule has 0 spiro atoms. The number of carbonyl (C=O) groups is 3. The van der Waals surface area contributed by atoms with Gasteiger partial charge in [-0.15, -0.1) is 0 Å². The van der Waals surface area contributed by atoms with Crippen molar-refractivity contribution >= 4 is 23.4 Å². The van der Waals surface area contributed by atoms with Crippen LogP contribution in [0.5, 0.6) is 5.75 Å². The predicted molar refractivity (Wildman–Crippen MR) is 141 cm³/mol. The van der Waals surface area contributed by atoms with Crippen LogP contribution in [0.3, 0.4) is 0 Å². The van der Waals surface area contributed by atoms with Crippen LogP contribution in [0.1, 0.15) is 37.0 Å². The number of anilines is 1. The maximum absolute atomic E-state index is 14.5. The molecule has 5 rings (SSSR count). The zero-order valence-electron chi connectivity index (χ0n) is 21.4. The Labute approximate surface area is 225 Å². The smallest absolute Gasteiger partial charge is 0.254 e. The maximum Gasteiger partial charge on any atom is 0.254 e. The highest BCUT2D eigenvalue weighted by molar-refractivity contribution is 6.02. The van der Waals surface area contributed by atoms with Crippen LogP contribution in [0.4, 0.5) is 14.5 Å². The third-order valence-corrected chi connectivity index (χ3v) is 7.18. The van der Waals surface area contributed by atoms with Crippen molar-refractivity contribution in [3.05, 3.63) is 95.6 Å². The molecule has 3 aromatic rings. The van der Waals surface area contributed by atoms with Crippen LogP contribution in [0.2, 0.25) is 0 Å². The van der Waals surface area contributed by atoms with Gasteiger partial charge in [0.05, 0.1) is 12.1 Å². The van der Waals surface area contributed by atoms with Gasteiger partial charge in [-0.1, -0.05) is 42.5 Å². The van der Waals surface area contributed by atoms with Crippen LogP contribution in [-0.2, 0) is 20.8 Å². The van der Waals surface area contributed by atoms with Crippen molar-refractivity contribution in [2.24, 2.45) is 11.7 Å². The van der Waals surface area contributed by atoms with E-state index in [0.717, 1.165) is 29.9 Å². The molecule has 9 heteroatoms. The number of benzene rings is 3. The van der Waals surface area contributed by atoms with E-state index >= 15 is 0 Å². The molecule has 1 saturated carbocycles. The third-order valence-electron chi connectivity index (χ3n) is 7.18. The van der Waals surface area contributed by atoms with E-state index in [0.29, 0.717) is 35.5 Å². The molecule has 0 radical (unpaired) electrons. The minimum absolute atomic E-state index is 0.0653. The van der Waals surface area contributed by atoms with Gasteiger partial charge in [0, 0.05) is 12.6 Å². The number of amides is 3. The van der Waals surface area contributed by atoms with Gasteiger partial charge in [0.2, 0.25) is 11.8 Å². The minimum atomic E-state index is -1.29. The number of halogens is 2. The van der Waals surface area contributed by atoms with E-state index in [2.05, 4.69) is 0 Å². The van der Waals surface area contributed by atoms with Crippen LogP contribution in [0, 0.1) is 17.6 Å². The first-order valence-corrected chi connectivity index (χ1v) is 12.9. The van der Waals surface area contributed by atoms with Gasteiger partial charge in [-0.3, -0.25) is 14.4 Å². The number of fused-ring (bicyclic) bond motifs is 1. The summed E-state index contributed by atoms with van der Waals surface area (Å²) in [4.78, 5) is 43.6. The summed E-state index contributed by atoms with van der Waals surface area (Å²) >= 11 is 0. The third kappa shape index (κ3) is 5.62. The van der Waals surface area contributed by atoms with E-state index in [9.17, 15) is 23.2 Å². The summed E-state index contributed by atoms with van der Waals surface area (Å²) in [5.74, 6) is -2.84. The van der Waals surface area contributed by atoms with Gasteiger partial charge in [-0.25, -0.2) is 8.78 Å². The minimum Gasteiger partial charge on any atom is -0.481 e. The molecule has 2 N–H and O–H groups in total. The molecule has 7 nitrogen and oxygen atoms in total. The molecule has 3 amide bonds. The van der Waals surface area contributed by atoms with Crippen molar-refractivity contribution in [2.75, 3.05) is 11.4 Å². The fourth-order valence-corrected chi connectivity index (χ4v) is 5.02. The van der Waals surface area contributed by atoms with Gasteiger partial charge in [-0.2, -0.15) is 0 Å². The predicted octanol–water partition coefficient (Wildman–Crippen LogP) is 4.16. The molecule has 2 aliphatic rings. The Morgan fingerprint density at radius 3 is 2.31 bits per heavy atom. The Morgan fingerprint density at radius 1 is 1.03 bits per heavy atom. The summed E-state index contributed by atoms with van der Waals surface area (Å²) in [7, 11) is 0. The topological polar surface area (TPSA) is 92.9 Å². The lowest BCUT2D eigenvalue weighted by Gasteiger charge is -2.38. The molecule has 202 valence electrons. The number of hydrogen-bond acceptors (Lipinski definition) is 4. The number of carbonyl (C=O) groups excluding carboxylic acids is 3. The van der Waals surface area contributed by atoms with E-state index in [4.69, 9.17) is 10.5 Å². The van der Waals surface area contributed by atoms with E-state index < -0.39 is 54.0 Å². The first kappa shape index (κ1) is 26.3. The maximum atomic E-state index is 14.5. The standard InChI is InChI=1S/C30H29F2N3O4/c1-18(29(33)37)35(26(36)15-20-13-22(31)16-23(32)14-20)27-28(21-7-3-2-4-8-21)39-25-10-6-5-9-24(25)34(30(27)38)17-19-11-12-19/h2-10,13-14,16,18-19,27-28H,11-12,15,17H2,1H3,(H2,33,37)/t18-,27-,28+/m0/s1. The fraction of sp³-hybridized carbons (Fsp3) is 0.300. The second-order valence-corrected chi connectivity index (χ2v) is 10.1. The van der Waals surface area contributed by atoms with Gasteiger partial charge in [0.1, 0.15) is 23.4 Å². The van der Waals surface area contributed by atoms with Crippen LogP contribution < -0.4 is 15.4 Å². The molecular weight excluding hydrogens is 504 g/mol. The van der Waals surface area contributed by atoms with Gasteiger partial charge >= 0.3 is 0 Å². The summed E-state index contributed by atoms with van der Waals surface area (Å²) in [6.45, 7) is 1.87. The van der Waals surface area contributed by atoms with Crippen molar-refractivity contribution in [1.29, 1.82) is 0 Å². The van der Waals surface area contributed by atoms with Crippen molar-refractivity contribution in [3.63, 3.8) is 0 Å². The number of rotatable bonds is 8. The molecule has 0 saturated heterocycles. The highest BCUT2D eigenvalue weighted by Crippen LogP contribution is 2.42. The van der Waals surface area contributed by atoms with E-state index in [1.165, 1.54) is 6.92 Å². The highest BCUT2D eigenvalue weighted by Gasteiger charge is 2.47. The van der Waals surface area contributed by atoms with Crippen molar-refractivity contribution in [3.8, 4) is 5.75 Å². The summed E-state index contributed by atoms with van der Waals surface area (Å²) in [5, 5.41) is 0. The molecule has 0 aromatic heterocycles. The Bertz CT molecular complexity index is 1380. The zero-order chi connectivity index (χ0) is 27.7. The number of nitrogens with two attached hydrogens (primary N) is 1. The molecule has 1 aliphatic heterocycles. The molecule has 1 heterocycles.